The minimum atomic E-state index is -1.46. The van der Waals surface area contributed by atoms with E-state index in [1.54, 1.807) is 0 Å². The minimum Gasteiger partial charge on any atom is -0.469 e. The first-order valence-electron chi connectivity index (χ1n) is 22.2. The van der Waals surface area contributed by atoms with Gasteiger partial charge in [-0.3, -0.25) is 0 Å². The molecule has 3 nitrogen and oxygen atoms in total. The standard InChI is InChI=1S/C32H32NO.C26H32NSi.Ir/c1-7-23(8-2)24-16-17-33(6)28(19-24)31-22(5)12-14-26-27-18-25(13-15-29(27)34-32(26)31)30-20(3)10-9-11-21(30)4;1-18(2)22-16-25(27(5)17-26(22)28(6,7)8)24-15-23(19(3)14-20(24)4)21-12-10-9-11-13-21;/h9-19,23H,5-8H2,1-4H3;9-18H,4-5H2,1-3,6-8H3;/q2*-1;. The summed E-state index contributed by atoms with van der Waals surface area (Å²) in [6.45, 7) is 31.5. The molecule has 8 aromatic rings. The van der Waals surface area contributed by atoms with Crippen LogP contribution in [-0.4, -0.2) is 8.07 Å². The van der Waals surface area contributed by atoms with Gasteiger partial charge in [-0.2, -0.15) is 37.1 Å². The van der Waals surface area contributed by atoms with Gasteiger partial charge in [-0.15, -0.1) is 17.7 Å². The van der Waals surface area contributed by atoms with Crippen LogP contribution in [0.1, 0.15) is 91.3 Å². The fourth-order valence-corrected chi connectivity index (χ4v) is 11.0. The number of rotatable bonds is 9. The van der Waals surface area contributed by atoms with Crippen LogP contribution >= 0.6 is 0 Å². The Hall–Kier alpha value is -5.45. The second-order valence-corrected chi connectivity index (χ2v) is 23.5. The summed E-state index contributed by atoms with van der Waals surface area (Å²) in [5.74, 6) is 1.01. The summed E-state index contributed by atoms with van der Waals surface area (Å²) < 4.78 is 10.5. The zero-order valence-electron chi connectivity index (χ0n) is 39.1. The molecule has 0 saturated heterocycles. The molecule has 0 spiro atoms. The van der Waals surface area contributed by atoms with Gasteiger partial charge in [0.25, 0.3) is 0 Å². The smallest absolute Gasteiger partial charge is 0.133 e. The number of fused-ring (bicyclic) bond motifs is 3. The van der Waals surface area contributed by atoms with Gasteiger partial charge in [0.1, 0.15) is 5.58 Å². The van der Waals surface area contributed by atoms with E-state index >= 15 is 0 Å². The third-order valence-electron chi connectivity index (χ3n) is 12.7. The molecule has 0 unspecified atom stereocenters. The molecule has 5 aromatic carbocycles. The van der Waals surface area contributed by atoms with Crippen molar-refractivity contribution in [1.82, 2.24) is 0 Å². The quantitative estimate of drug-likeness (QED) is 0.0802. The number of aryl methyl sites for hydroxylation is 3. The van der Waals surface area contributed by atoms with Crippen LogP contribution in [0.25, 0.3) is 66.7 Å². The fourth-order valence-electron chi connectivity index (χ4n) is 9.24. The van der Waals surface area contributed by atoms with Crippen molar-refractivity contribution in [2.75, 3.05) is 0 Å². The van der Waals surface area contributed by atoms with Gasteiger partial charge in [0, 0.05) is 45.0 Å². The van der Waals surface area contributed by atoms with E-state index in [-0.39, 0.29) is 20.1 Å². The first-order chi connectivity index (χ1) is 29.5. The molecule has 1 radical (unpaired) electrons. The molecule has 0 saturated carbocycles. The van der Waals surface area contributed by atoms with Gasteiger partial charge in [0.05, 0.1) is 37.4 Å². The van der Waals surface area contributed by atoms with Crippen LogP contribution in [0.15, 0.2) is 126 Å². The summed E-state index contributed by atoms with van der Waals surface area (Å²) in [7, 11) is 7.16. The molecule has 3 aromatic heterocycles. The van der Waals surface area contributed by atoms with Crippen LogP contribution in [0.5, 0.6) is 0 Å². The van der Waals surface area contributed by atoms with Gasteiger partial charge < -0.3 is 13.6 Å². The summed E-state index contributed by atoms with van der Waals surface area (Å²) in [5, 5.41) is 3.73. The van der Waals surface area contributed by atoms with Crippen molar-refractivity contribution in [1.29, 1.82) is 0 Å². The molecule has 8 rings (SSSR count). The fraction of sp³-hybridized carbons (Fsp3) is 0.241. The predicted molar refractivity (Wildman–Crippen MR) is 267 cm³/mol. The third kappa shape index (κ3) is 9.43. The van der Waals surface area contributed by atoms with E-state index in [0.717, 1.165) is 68.4 Å². The van der Waals surface area contributed by atoms with Gasteiger partial charge in [-0.25, -0.2) is 0 Å². The first-order valence-corrected chi connectivity index (χ1v) is 25.7. The maximum absolute atomic E-state index is 6.50. The Labute approximate surface area is 392 Å². The van der Waals surface area contributed by atoms with Crippen LogP contribution in [0.4, 0.5) is 0 Å². The van der Waals surface area contributed by atoms with E-state index in [1.807, 2.05) is 9.13 Å². The average molecular weight is 1030 g/mol. The molecule has 3 heterocycles. The summed E-state index contributed by atoms with van der Waals surface area (Å²) in [4.78, 5) is 0. The Bertz CT molecular complexity index is 2890. The molecule has 0 fully saturated rings. The Morgan fingerprint density at radius 1 is 0.619 bits per heavy atom. The van der Waals surface area contributed by atoms with Crippen molar-refractivity contribution in [3.05, 3.63) is 188 Å². The number of benzene rings is 5. The number of furan rings is 1. The molecule has 0 amide bonds. The Morgan fingerprint density at radius 3 is 1.94 bits per heavy atom. The number of nitrogens with zero attached hydrogens (tertiary/aromatic N) is 2. The number of aromatic nitrogens is 2. The Balaban J connectivity index is 0.000000211. The van der Waals surface area contributed by atoms with Gasteiger partial charge in [0.15, 0.2) is 0 Å². The van der Waals surface area contributed by atoms with E-state index in [9.17, 15) is 0 Å². The van der Waals surface area contributed by atoms with Crippen LogP contribution < -0.4 is 14.3 Å². The topological polar surface area (TPSA) is 20.9 Å². The predicted octanol–water partition coefficient (Wildman–Crippen LogP) is 14.7. The summed E-state index contributed by atoms with van der Waals surface area (Å²) in [6.07, 6.45) is 6.55. The second-order valence-electron chi connectivity index (χ2n) is 18.5. The zero-order chi connectivity index (χ0) is 44.6. The zero-order valence-corrected chi connectivity index (χ0v) is 42.5. The van der Waals surface area contributed by atoms with Crippen LogP contribution in [-0.2, 0) is 20.1 Å². The van der Waals surface area contributed by atoms with Crippen molar-refractivity contribution in [2.45, 2.75) is 92.8 Å². The molecule has 63 heavy (non-hydrogen) atoms. The number of hydrogen-bond donors (Lipinski definition) is 0. The molecule has 5 heteroatoms. The van der Waals surface area contributed by atoms with Gasteiger partial charge in [-0.05, 0) is 89.2 Å². The average Bonchev–Trinajstić information content (AvgIpc) is 3.60. The van der Waals surface area contributed by atoms with E-state index in [2.05, 4.69) is 218 Å². The van der Waals surface area contributed by atoms with Crippen LogP contribution in [0.2, 0.25) is 19.6 Å². The Kier molecular flexibility index (Phi) is 14.3. The summed E-state index contributed by atoms with van der Waals surface area (Å²) in [5.41, 5.74) is 19.7. The normalized spacial score (nSPS) is 11.6. The van der Waals surface area contributed by atoms with Crippen molar-refractivity contribution in [3.8, 4) is 44.8 Å². The second kappa shape index (κ2) is 19.1. The van der Waals surface area contributed by atoms with Crippen molar-refractivity contribution < 1.29 is 33.7 Å². The SMILES string of the molecule is [CH2-]c1cc(C)c(-c2ccccc2)cc1-c1cc(C(C)C)c([Si](C)(C)C)c[n+]1[CH2-].[CH2-]c1ccc2c(oc3ccc(-c4c(C)cccc4C)cc32)c1-c1cc(C(CC)CC)cc[n+]1[CH2-].[Ir]. The van der Waals surface area contributed by atoms with Gasteiger partial charge in [-0.1, -0.05) is 149 Å². The largest absolute Gasteiger partial charge is 0.469 e. The van der Waals surface area contributed by atoms with Crippen molar-refractivity contribution >= 4 is 35.2 Å². The molecule has 0 bridgehead atoms. The monoisotopic (exact) mass is 1030 g/mol. The van der Waals surface area contributed by atoms with Crippen molar-refractivity contribution in [3.63, 3.8) is 0 Å². The summed E-state index contributed by atoms with van der Waals surface area (Å²) >= 11 is 0. The Morgan fingerprint density at radius 2 is 1.30 bits per heavy atom. The maximum atomic E-state index is 6.50. The molecule has 0 aliphatic rings. The van der Waals surface area contributed by atoms with E-state index in [0.29, 0.717) is 11.8 Å². The molecular weight excluding hydrogens is 961 g/mol. The van der Waals surface area contributed by atoms with Crippen LogP contribution in [0.3, 0.4) is 0 Å². The van der Waals surface area contributed by atoms with Crippen LogP contribution in [0, 0.1) is 48.7 Å². The molecule has 0 atom stereocenters. The maximum Gasteiger partial charge on any atom is 0.133 e. The van der Waals surface area contributed by atoms with Gasteiger partial charge in [0.2, 0.25) is 0 Å². The molecule has 0 aliphatic carbocycles. The molecule has 327 valence electrons. The van der Waals surface area contributed by atoms with Crippen molar-refractivity contribution in [2.24, 2.45) is 0 Å². The first kappa shape index (κ1) is 47.0. The third-order valence-corrected chi connectivity index (χ3v) is 14.7. The molecular formula is C58H64IrN2OSi-2. The van der Waals surface area contributed by atoms with Gasteiger partial charge >= 0.3 is 0 Å². The molecule has 0 aliphatic heterocycles. The van der Waals surface area contributed by atoms with E-state index in [4.69, 9.17) is 4.42 Å². The minimum absolute atomic E-state index is 0. The number of pyridine rings is 2. The van der Waals surface area contributed by atoms with E-state index < -0.39 is 8.07 Å². The molecule has 0 N–H and O–H groups in total. The number of hydrogen-bond acceptors (Lipinski definition) is 1. The summed E-state index contributed by atoms with van der Waals surface area (Å²) in [6, 6.07) is 39.1. The van der Waals surface area contributed by atoms with E-state index in [1.165, 1.54) is 55.3 Å².